The van der Waals surface area contributed by atoms with Gasteiger partial charge in [0.1, 0.15) is 0 Å². The average molecular weight is 328 g/mol. The maximum absolute atomic E-state index is 7.56. The van der Waals surface area contributed by atoms with Crippen molar-refractivity contribution >= 4 is 37.1 Å². The van der Waals surface area contributed by atoms with Crippen molar-refractivity contribution in [1.82, 2.24) is 0 Å². The van der Waals surface area contributed by atoms with E-state index in [1.807, 2.05) is 0 Å². The third kappa shape index (κ3) is 151. The first kappa shape index (κ1) is 23.2. The lowest BCUT2D eigenvalue weighted by atomic mass is 9.91. The molecule has 0 bridgehead atoms. The van der Waals surface area contributed by atoms with Crippen LogP contribution < -0.4 is 0 Å². The van der Waals surface area contributed by atoms with Crippen LogP contribution in [0.4, 0.5) is 0 Å². The Labute approximate surface area is 112 Å². The molecule has 0 rings (SSSR count). The lowest BCUT2D eigenvalue weighted by Crippen LogP contribution is -2.02. The first-order chi connectivity index (χ1) is 7.06. The van der Waals surface area contributed by atoms with E-state index in [1.54, 1.807) is 0 Å². The maximum atomic E-state index is 7.56. The average Bonchev–Trinajstić information content (AvgIpc) is 1.73. The summed E-state index contributed by atoms with van der Waals surface area (Å²) in [6, 6.07) is 0. The van der Waals surface area contributed by atoms with E-state index in [-0.39, 0.29) is 0 Å². The van der Waals surface area contributed by atoms with E-state index >= 15 is 0 Å². The number of rotatable bonds is 1. The molecule has 108 valence electrons. The molecule has 0 aliphatic heterocycles. The summed E-state index contributed by atoms with van der Waals surface area (Å²) in [6.45, 7) is 1.44. The molecule has 0 aromatic heterocycles. The second kappa shape index (κ2) is 9.92. The Bertz CT molecular complexity index is 229. The first-order valence-corrected chi connectivity index (χ1v) is 9.95. The molecule has 17 heavy (non-hydrogen) atoms. The first-order valence-electron chi connectivity index (χ1n) is 4.63. The Morgan fingerprint density at radius 1 is 0.824 bits per heavy atom. The Kier molecular flexibility index (Phi) is 13.5. The second-order valence-corrected chi connectivity index (χ2v) is 9.33. The molecule has 0 saturated heterocycles. The fourth-order valence-electron chi connectivity index (χ4n) is 0.750. The zero-order valence-electron chi connectivity index (χ0n) is 10.3. The van der Waals surface area contributed by atoms with E-state index in [2.05, 4.69) is 51.3 Å². The van der Waals surface area contributed by atoms with E-state index < -0.39 is 13.4 Å². The van der Waals surface area contributed by atoms with E-state index in [0.717, 1.165) is 0 Å². The topological polar surface area (TPSA) is 121 Å². The van der Waals surface area contributed by atoms with E-state index in [0.29, 0.717) is 5.41 Å². The van der Waals surface area contributed by atoms with Gasteiger partial charge in [0, 0.05) is 0 Å². The highest BCUT2D eigenvalue weighted by Gasteiger charge is 2.06. The summed E-state index contributed by atoms with van der Waals surface area (Å²) in [5.41, 5.74) is 0.550. The fourth-order valence-corrected chi connectivity index (χ4v) is 0.750. The second-order valence-electron chi connectivity index (χ2n) is 4.34. The fraction of sp³-hybridized carbons (Fsp3) is 1.00. The summed E-state index contributed by atoms with van der Waals surface area (Å²) in [7, 11) is 0. The molecule has 0 atom stereocenters. The van der Waals surface area contributed by atoms with Crippen LogP contribution in [0.25, 0.3) is 0 Å². The predicted octanol–water partition coefficient (Wildman–Crippen LogP) is 1.21. The van der Waals surface area contributed by atoms with Gasteiger partial charge in [-0.1, -0.05) is 34.1 Å². The molecular weight excluding hydrogens is 306 g/mol. The standard InChI is InChI=1S/C7H16.2H3O3PS/c1-5-6-7(2,3)4;2*1-4(2,3)5/h5-6H2,1-4H3;2*(H3,1,2,3,5). The van der Waals surface area contributed by atoms with Gasteiger partial charge in [-0.05, 0) is 35.4 Å². The zero-order chi connectivity index (χ0) is 14.9. The molecule has 0 saturated carbocycles. The molecule has 0 aliphatic carbocycles. The van der Waals surface area contributed by atoms with Crippen molar-refractivity contribution in [1.29, 1.82) is 0 Å². The highest BCUT2D eigenvalue weighted by atomic mass is 32.5. The largest absolute Gasteiger partial charge is 0.325 e. The van der Waals surface area contributed by atoms with E-state index in [4.69, 9.17) is 29.4 Å². The molecule has 0 aliphatic rings. The summed E-state index contributed by atoms with van der Waals surface area (Å²) < 4.78 is 0. The zero-order valence-corrected chi connectivity index (χ0v) is 13.7. The number of hydrogen-bond acceptors (Lipinski definition) is 2. The van der Waals surface area contributed by atoms with Crippen LogP contribution in [0.5, 0.6) is 0 Å². The van der Waals surface area contributed by atoms with Gasteiger partial charge in [0.2, 0.25) is 0 Å². The van der Waals surface area contributed by atoms with Gasteiger partial charge in [-0.15, -0.1) is 0 Å². The molecule has 0 aromatic rings. The predicted molar refractivity (Wildman–Crippen MR) is 76.2 cm³/mol. The van der Waals surface area contributed by atoms with Crippen molar-refractivity contribution < 1.29 is 29.4 Å². The third-order valence-electron chi connectivity index (χ3n) is 1.000. The Morgan fingerprint density at radius 2 is 1.00 bits per heavy atom. The SMILES string of the molecule is CCCC(C)(C)C.OP(O)(O)=S.OP(O)(O)=S. The Hall–Kier alpha value is 1.06. The summed E-state index contributed by atoms with van der Waals surface area (Å²) >= 11 is 7.21. The van der Waals surface area contributed by atoms with Gasteiger partial charge in [-0.2, -0.15) is 0 Å². The Morgan fingerprint density at radius 3 is 1.00 bits per heavy atom. The summed E-state index contributed by atoms with van der Waals surface area (Å²) in [6.07, 6.45) is 2.65. The molecule has 10 heteroatoms. The van der Waals surface area contributed by atoms with Crippen molar-refractivity contribution in [3.8, 4) is 0 Å². The molecule has 6 N–H and O–H groups in total. The monoisotopic (exact) mass is 328 g/mol. The van der Waals surface area contributed by atoms with Crippen molar-refractivity contribution in [2.24, 2.45) is 5.41 Å². The van der Waals surface area contributed by atoms with Crippen molar-refractivity contribution in [2.45, 2.75) is 40.5 Å². The van der Waals surface area contributed by atoms with Gasteiger partial charge in [0.15, 0.2) is 0 Å². The third-order valence-corrected chi connectivity index (χ3v) is 1.000. The molecule has 0 spiro atoms. The smallest absolute Gasteiger partial charge is 0.319 e. The minimum absolute atomic E-state index is 0.550. The quantitative estimate of drug-likeness (QED) is 0.397. The highest BCUT2D eigenvalue weighted by molar-refractivity contribution is 8.06. The van der Waals surface area contributed by atoms with Crippen molar-refractivity contribution in [3.63, 3.8) is 0 Å². The summed E-state index contributed by atoms with van der Waals surface area (Å²) in [4.78, 5) is 45.3. The van der Waals surface area contributed by atoms with Crippen LogP contribution in [0.3, 0.4) is 0 Å². The molecule has 0 unspecified atom stereocenters. The van der Waals surface area contributed by atoms with Gasteiger partial charge in [0.05, 0.1) is 0 Å². The van der Waals surface area contributed by atoms with Crippen LogP contribution in [-0.4, -0.2) is 29.4 Å². The molecule has 0 radical (unpaired) electrons. The Balaban J connectivity index is -0.000000177. The normalized spacial score (nSPS) is 11.9. The van der Waals surface area contributed by atoms with Gasteiger partial charge in [-0.3, -0.25) is 0 Å². The van der Waals surface area contributed by atoms with Crippen LogP contribution >= 0.6 is 13.4 Å². The van der Waals surface area contributed by atoms with Crippen molar-refractivity contribution in [3.05, 3.63) is 0 Å². The van der Waals surface area contributed by atoms with Gasteiger partial charge in [0.25, 0.3) is 0 Å². The molecular formula is C7H22O6P2S2. The van der Waals surface area contributed by atoms with Crippen LogP contribution in [0.15, 0.2) is 0 Å². The maximum Gasteiger partial charge on any atom is 0.319 e. The van der Waals surface area contributed by atoms with Crippen LogP contribution in [0, 0.1) is 5.41 Å². The summed E-state index contributed by atoms with van der Waals surface area (Å²) in [5, 5.41) is 0. The highest BCUT2D eigenvalue weighted by Crippen LogP contribution is 2.27. The lowest BCUT2D eigenvalue weighted by molar-refractivity contribution is 0.361. The lowest BCUT2D eigenvalue weighted by Gasteiger charge is -2.15. The number of hydrogen-bond donors (Lipinski definition) is 6. The van der Waals surface area contributed by atoms with E-state index in [1.165, 1.54) is 12.8 Å². The van der Waals surface area contributed by atoms with E-state index in [9.17, 15) is 0 Å². The molecule has 0 amide bonds. The van der Waals surface area contributed by atoms with Crippen molar-refractivity contribution in [2.75, 3.05) is 0 Å². The van der Waals surface area contributed by atoms with Gasteiger partial charge in [-0.25, -0.2) is 0 Å². The molecule has 0 heterocycles. The minimum Gasteiger partial charge on any atom is -0.325 e. The van der Waals surface area contributed by atoms with Crippen LogP contribution in [0.2, 0.25) is 0 Å². The van der Waals surface area contributed by atoms with Gasteiger partial charge >= 0.3 is 13.4 Å². The summed E-state index contributed by atoms with van der Waals surface area (Å²) in [5.74, 6) is 0. The molecule has 0 aromatic carbocycles. The van der Waals surface area contributed by atoms with Crippen LogP contribution in [-0.2, 0) is 23.6 Å². The molecule has 0 fully saturated rings. The minimum atomic E-state index is -3.81. The van der Waals surface area contributed by atoms with Crippen LogP contribution in [0.1, 0.15) is 40.5 Å². The van der Waals surface area contributed by atoms with Gasteiger partial charge < -0.3 is 29.4 Å². The molecule has 6 nitrogen and oxygen atoms in total.